The largest absolute Gasteiger partial charge is 0.274 e. The normalized spacial score (nSPS) is 30.8. The lowest BCUT2D eigenvalue weighted by Crippen LogP contribution is -2.56. The van der Waals surface area contributed by atoms with Crippen LogP contribution in [0.3, 0.4) is 0 Å². The first-order chi connectivity index (χ1) is 14.4. The average Bonchev–Trinajstić information content (AvgIpc) is 3.04. The van der Waals surface area contributed by atoms with Crippen LogP contribution in [0.4, 0.5) is 5.69 Å². The maximum atomic E-state index is 13.8. The summed E-state index contributed by atoms with van der Waals surface area (Å²) in [5.41, 5.74) is 4.66. The molecule has 0 unspecified atom stereocenters. The van der Waals surface area contributed by atoms with Crippen LogP contribution in [0.1, 0.15) is 22.3 Å². The Kier molecular flexibility index (Phi) is 3.79. The molecule has 1 heterocycles. The van der Waals surface area contributed by atoms with Crippen molar-refractivity contribution in [2.75, 3.05) is 4.90 Å². The van der Waals surface area contributed by atoms with Gasteiger partial charge in [0.2, 0.25) is 11.8 Å². The van der Waals surface area contributed by atoms with E-state index in [4.69, 9.17) is 11.6 Å². The Morgan fingerprint density at radius 1 is 0.667 bits per heavy atom. The van der Waals surface area contributed by atoms with E-state index in [0.717, 1.165) is 22.3 Å². The first-order valence-corrected chi connectivity index (χ1v) is 11.6. The molecule has 0 radical (unpaired) electrons. The van der Waals surface area contributed by atoms with E-state index in [2.05, 4.69) is 56.1 Å². The molecule has 1 saturated heterocycles. The van der Waals surface area contributed by atoms with Crippen molar-refractivity contribution in [1.82, 2.24) is 0 Å². The van der Waals surface area contributed by atoms with Crippen molar-refractivity contribution in [3.63, 3.8) is 0 Å². The molecule has 2 bridgehead atoms. The molecule has 7 rings (SSSR count). The van der Waals surface area contributed by atoms with Crippen LogP contribution < -0.4 is 4.90 Å². The van der Waals surface area contributed by atoms with Crippen LogP contribution in [0.2, 0.25) is 5.02 Å². The number of carbonyl (C=O) groups excluding carboxylic acids is 2. The van der Waals surface area contributed by atoms with E-state index >= 15 is 0 Å². The summed E-state index contributed by atoms with van der Waals surface area (Å²) in [5, 5.41) is 0.559. The summed E-state index contributed by atoms with van der Waals surface area (Å²) in [6.07, 6.45) is 0. The second-order valence-corrected chi connectivity index (χ2v) is 10.9. The Hall–Kier alpha value is -1.95. The van der Waals surface area contributed by atoms with Crippen LogP contribution >= 0.6 is 43.5 Å². The number of hydrogen-bond donors (Lipinski definition) is 0. The SMILES string of the molecule is O=C1[C@@H]2[C@@H](C(=O)N1c1ccc(Cl)cc1)C1(Br)c3ccccc3C2(Br)c2ccccc21. The highest BCUT2D eigenvalue weighted by atomic mass is 79.9. The summed E-state index contributed by atoms with van der Waals surface area (Å²) >= 11 is 14.0. The molecule has 1 aliphatic heterocycles. The Morgan fingerprint density at radius 3 is 1.40 bits per heavy atom. The second-order valence-electron chi connectivity index (χ2n) is 7.96. The number of rotatable bonds is 1. The average molecular weight is 544 g/mol. The molecule has 0 saturated carbocycles. The van der Waals surface area contributed by atoms with E-state index < -0.39 is 20.5 Å². The maximum Gasteiger partial charge on any atom is 0.239 e. The molecule has 1 fully saturated rings. The first kappa shape index (κ1) is 18.8. The quantitative estimate of drug-likeness (QED) is 0.290. The van der Waals surface area contributed by atoms with Crippen LogP contribution in [0.25, 0.3) is 0 Å². The second kappa shape index (κ2) is 6.06. The van der Waals surface area contributed by atoms with Gasteiger partial charge in [0.25, 0.3) is 0 Å². The molecule has 4 aliphatic rings. The highest BCUT2D eigenvalue weighted by molar-refractivity contribution is 9.10. The molecule has 0 spiro atoms. The fourth-order valence-corrected chi connectivity index (χ4v) is 7.94. The van der Waals surface area contributed by atoms with Gasteiger partial charge in [-0.3, -0.25) is 9.59 Å². The molecule has 30 heavy (non-hydrogen) atoms. The molecule has 3 nitrogen and oxygen atoms in total. The highest BCUT2D eigenvalue weighted by Gasteiger charge is 2.72. The molecule has 2 atom stereocenters. The Labute approximate surface area is 195 Å². The number of anilines is 1. The molecule has 3 aliphatic carbocycles. The van der Waals surface area contributed by atoms with Gasteiger partial charge in [-0.05, 0) is 46.5 Å². The summed E-state index contributed by atoms with van der Waals surface area (Å²) in [6.45, 7) is 0. The fraction of sp³-hybridized carbons (Fsp3) is 0.167. The van der Waals surface area contributed by atoms with Crippen LogP contribution in [0.5, 0.6) is 0 Å². The number of amides is 2. The van der Waals surface area contributed by atoms with Gasteiger partial charge in [0, 0.05) is 5.02 Å². The van der Waals surface area contributed by atoms with Gasteiger partial charge in [-0.15, -0.1) is 0 Å². The number of imide groups is 1. The first-order valence-electron chi connectivity index (χ1n) is 9.61. The molecule has 148 valence electrons. The zero-order valence-corrected chi connectivity index (χ0v) is 19.4. The lowest BCUT2D eigenvalue weighted by Gasteiger charge is -2.55. The summed E-state index contributed by atoms with van der Waals surface area (Å²) in [6, 6.07) is 23.0. The molecule has 0 N–H and O–H groups in total. The number of alkyl halides is 2. The minimum Gasteiger partial charge on any atom is -0.274 e. The molecule has 3 aromatic carbocycles. The van der Waals surface area contributed by atoms with Gasteiger partial charge in [-0.25, -0.2) is 4.90 Å². The van der Waals surface area contributed by atoms with Crippen molar-refractivity contribution in [2.24, 2.45) is 11.8 Å². The Bertz CT molecular complexity index is 1130. The number of halogens is 3. The highest BCUT2D eigenvalue weighted by Crippen LogP contribution is 2.70. The molecule has 2 amide bonds. The standard InChI is InChI=1S/C24H14Br2ClNO2/c25-23-15-5-1-2-6-16(15)24(26,18-8-4-3-7-17(18)23)20-19(23)21(29)28(22(20)30)14-11-9-13(27)10-12-14/h1-12,19-20H/t19-,20-,23?,24?/m0/s1. The van der Waals surface area contributed by atoms with Gasteiger partial charge in [-0.2, -0.15) is 0 Å². The topological polar surface area (TPSA) is 37.4 Å². The zero-order chi connectivity index (χ0) is 20.8. The van der Waals surface area contributed by atoms with Crippen LogP contribution in [-0.4, -0.2) is 11.8 Å². The van der Waals surface area contributed by atoms with Crippen molar-refractivity contribution in [3.8, 4) is 0 Å². The van der Waals surface area contributed by atoms with Gasteiger partial charge >= 0.3 is 0 Å². The summed E-state index contributed by atoms with van der Waals surface area (Å²) in [4.78, 5) is 29.0. The van der Waals surface area contributed by atoms with Gasteiger partial charge in [0.1, 0.15) is 0 Å². The van der Waals surface area contributed by atoms with Gasteiger partial charge in [0.05, 0.1) is 26.2 Å². The van der Waals surface area contributed by atoms with E-state index in [-0.39, 0.29) is 11.8 Å². The summed E-state index contributed by atoms with van der Waals surface area (Å²) in [5.74, 6) is -1.52. The number of nitrogens with zero attached hydrogens (tertiary/aromatic N) is 1. The number of carbonyl (C=O) groups is 2. The third kappa shape index (κ3) is 2.02. The van der Waals surface area contributed by atoms with Crippen molar-refractivity contribution in [1.29, 1.82) is 0 Å². The van der Waals surface area contributed by atoms with Crippen molar-refractivity contribution >= 4 is 61.0 Å². The minimum atomic E-state index is -0.770. The van der Waals surface area contributed by atoms with Gasteiger partial charge in [-0.1, -0.05) is 92.0 Å². The Morgan fingerprint density at radius 2 is 1.03 bits per heavy atom. The van der Waals surface area contributed by atoms with Crippen LogP contribution in [-0.2, 0) is 18.2 Å². The third-order valence-corrected chi connectivity index (χ3v) is 9.62. The van der Waals surface area contributed by atoms with E-state index in [9.17, 15) is 9.59 Å². The Balaban J connectivity index is 1.66. The lowest BCUT2D eigenvalue weighted by molar-refractivity contribution is -0.122. The summed E-state index contributed by atoms with van der Waals surface area (Å²) < 4.78 is -1.54. The predicted octanol–water partition coefficient (Wildman–Crippen LogP) is 5.75. The minimum absolute atomic E-state index is 0.197. The fourth-order valence-electron chi connectivity index (χ4n) is 5.51. The maximum absolute atomic E-state index is 13.8. The number of benzene rings is 3. The van der Waals surface area contributed by atoms with E-state index in [1.54, 1.807) is 24.3 Å². The predicted molar refractivity (Wildman–Crippen MR) is 123 cm³/mol. The molecular formula is C24H14Br2ClNO2. The molecular weight excluding hydrogens is 530 g/mol. The van der Waals surface area contributed by atoms with Gasteiger partial charge in [0.15, 0.2) is 0 Å². The smallest absolute Gasteiger partial charge is 0.239 e. The molecule has 6 heteroatoms. The van der Waals surface area contributed by atoms with Crippen molar-refractivity contribution in [3.05, 3.63) is 100 Å². The van der Waals surface area contributed by atoms with Crippen molar-refractivity contribution < 1.29 is 9.59 Å². The van der Waals surface area contributed by atoms with Crippen LogP contribution in [0, 0.1) is 11.8 Å². The monoisotopic (exact) mass is 541 g/mol. The third-order valence-electron chi connectivity index (χ3n) is 6.67. The van der Waals surface area contributed by atoms with Crippen molar-refractivity contribution in [2.45, 2.75) is 8.65 Å². The van der Waals surface area contributed by atoms with E-state index in [1.807, 2.05) is 24.3 Å². The van der Waals surface area contributed by atoms with Crippen LogP contribution in [0.15, 0.2) is 72.8 Å². The zero-order valence-electron chi connectivity index (χ0n) is 15.5. The lowest BCUT2D eigenvalue weighted by atomic mass is 9.54. The van der Waals surface area contributed by atoms with E-state index in [0.29, 0.717) is 10.7 Å². The molecule has 3 aromatic rings. The van der Waals surface area contributed by atoms with E-state index in [1.165, 1.54) is 4.90 Å². The molecule has 0 aromatic heterocycles. The van der Waals surface area contributed by atoms with Gasteiger partial charge < -0.3 is 0 Å². The number of hydrogen-bond acceptors (Lipinski definition) is 2. The summed E-state index contributed by atoms with van der Waals surface area (Å²) in [7, 11) is 0.